The van der Waals surface area contributed by atoms with E-state index in [0.29, 0.717) is 32.2 Å². The van der Waals surface area contributed by atoms with E-state index in [4.69, 9.17) is 33.7 Å². The van der Waals surface area contributed by atoms with Crippen molar-refractivity contribution < 1.29 is 24.9 Å². The minimum atomic E-state index is -1.43. The third-order valence-corrected chi connectivity index (χ3v) is 6.47. The number of nitrogens with zero attached hydrogens (tertiary/aromatic N) is 2. The molecule has 3 aromatic rings. The maximum absolute atomic E-state index is 13.2. The molecule has 0 saturated carbocycles. The van der Waals surface area contributed by atoms with E-state index in [-0.39, 0.29) is 17.2 Å². The number of rotatable bonds is 2. The number of aromatic hydroxyl groups is 1. The number of hydrogen-bond acceptors (Lipinski definition) is 7. The van der Waals surface area contributed by atoms with Crippen LogP contribution in [0.1, 0.15) is 29.2 Å². The summed E-state index contributed by atoms with van der Waals surface area (Å²) in [6, 6.07) is 8.70. The molecular weight excluding hydrogens is 457 g/mol. The fourth-order valence-electron chi connectivity index (χ4n) is 4.29. The number of ether oxygens (including phenoxy) is 1. The van der Waals surface area contributed by atoms with Gasteiger partial charge in [0.2, 0.25) is 5.78 Å². The number of fused-ring (bicyclic) bond motifs is 2. The first-order chi connectivity index (χ1) is 15.2. The Balaban J connectivity index is 1.76. The lowest BCUT2D eigenvalue weighted by atomic mass is 9.96. The Morgan fingerprint density at radius 2 is 1.78 bits per heavy atom. The predicted molar refractivity (Wildman–Crippen MR) is 120 cm³/mol. The van der Waals surface area contributed by atoms with Crippen LogP contribution in [0.4, 0.5) is 5.69 Å². The molecule has 2 aliphatic heterocycles. The number of aromatic nitrogens is 1. The Morgan fingerprint density at radius 3 is 2.53 bits per heavy atom. The summed E-state index contributed by atoms with van der Waals surface area (Å²) in [7, 11) is 0. The van der Waals surface area contributed by atoms with Gasteiger partial charge >= 0.3 is 0 Å². The lowest BCUT2D eigenvalue weighted by Crippen LogP contribution is -2.58. The van der Waals surface area contributed by atoms with Gasteiger partial charge in [0, 0.05) is 15.4 Å². The monoisotopic (exact) mass is 475 g/mol. The van der Waals surface area contributed by atoms with Crippen LogP contribution in [0, 0.1) is 0 Å². The average molecular weight is 476 g/mol. The molecule has 2 aliphatic rings. The third kappa shape index (κ3) is 3.07. The molecular formula is C22H19Cl2N3O5. The zero-order valence-corrected chi connectivity index (χ0v) is 18.2. The zero-order chi connectivity index (χ0) is 22.9. The normalized spacial score (nSPS) is 27.6. The summed E-state index contributed by atoms with van der Waals surface area (Å²) in [5, 5.41) is 33.5. The van der Waals surface area contributed by atoms with Gasteiger partial charge in [0.15, 0.2) is 12.0 Å². The Hall–Kier alpha value is -2.46. The molecule has 5 N–H and O–H groups in total. The summed E-state index contributed by atoms with van der Waals surface area (Å²) >= 11 is 12.2. The third-order valence-electron chi connectivity index (χ3n) is 6.00. The number of aliphatic hydroxyl groups excluding tert-OH is 2. The van der Waals surface area contributed by atoms with Gasteiger partial charge in [0.1, 0.15) is 23.6 Å². The second kappa shape index (κ2) is 7.55. The van der Waals surface area contributed by atoms with Gasteiger partial charge in [0.05, 0.1) is 28.9 Å². The molecule has 0 aliphatic carbocycles. The first kappa shape index (κ1) is 21.4. The van der Waals surface area contributed by atoms with Crippen molar-refractivity contribution in [1.29, 1.82) is 0 Å². The van der Waals surface area contributed by atoms with Crippen molar-refractivity contribution in [2.24, 2.45) is 10.7 Å². The van der Waals surface area contributed by atoms with Crippen LogP contribution in [0.3, 0.4) is 0 Å². The Morgan fingerprint density at radius 1 is 1.09 bits per heavy atom. The molecule has 0 bridgehead atoms. The Bertz CT molecular complexity index is 1300. The van der Waals surface area contributed by atoms with Gasteiger partial charge in [0.25, 0.3) is 0 Å². The molecule has 5 atom stereocenters. The van der Waals surface area contributed by atoms with Crippen molar-refractivity contribution in [1.82, 2.24) is 4.57 Å². The van der Waals surface area contributed by atoms with Gasteiger partial charge in [-0.3, -0.25) is 4.79 Å². The molecule has 166 valence electrons. The largest absolute Gasteiger partial charge is 0.505 e. The lowest BCUT2D eigenvalue weighted by molar-refractivity contribution is -0.200. The van der Waals surface area contributed by atoms with Crippen LogP contribution in [0.15, 0.2) is 41.4 Å². The van der Waals surface area contributed by atoms with E-state index in [1.807, 2.05) is 0 Å². The van der Waals surface area contributed by atoms with Crippen LogP contribution in [0.25, 0.3) is 10.9 Å². The summed E-state index contributed by atoms with van der Waals surface area (Å²) in [6.07, 6.45) is -4.49. The molecule has 10 heteroatoms. The standard InChI is InChI=1S/C22H19Cl2N3O5/c1-8-15(25)20(30)21(31)22(32-8)27-14-5-3-10(24)7-12(14)19(29)17(27)16-18(28)11-6-9(23)2-4-13(11)26-16/h2-8,15,20-22,29-31H,25H2,1H3/t8-,15?,20+,21?,22+/m0/s1. The second-order valence-electron chi connectivity index (χ2n) is 7.97. The molecule has 0 spiro atoms. The zero-order valence-electron chi connectivity index (χ0n) is 16.7. The summed E-state index contributed by atoms with van der Waals surface area (Å²) in [4.78, 5) is 17.7. The molecule has 5 rings (SSSR count). The van der Waals surface area contributed by atoms with Gasteiger partial charge in [-0.1, -0.05) is 23.2 Å². The van der Waals surface area contributed by atoms with Crippen molar-refractivity contribution in [3.05, 3.63) is 57.7 Å². The number of ketones is 1. The minimum Gasteiger partial charge on any atom is -0.505 e. The van der Waals surface area contributed by atoms with Crippen LogP contribution < -0.4 is 5.73 Å². The van der Waals surface area contributed by atoms with Gasteiger partial charge in [-0.15, -0.1) is 0 Å². The molecule has 32 heavy (non-hydrogen) atoms. The quantitative estimate of drug-likeness (QED) is 0.450. The van der Waals surface area contributed by atoms with E-state index in [0.717, 1.165) is 0 Å². The van der Waals surface area contributed by atoms with Crippen LogP contribution in [-0.2, 0) is 4.74 Å². The molecule has 8 nitrogen and oxygen atoms in total. The van der Waals surface area contributed by atoms with Crippen LogP contribution in [0.2, 0.25) is 10.0 Å². The molecule has 2 aromatic carbocycles. The van der Waals surface area contributed by atoms with Crippen LogP contribution in [-0.4, -0.2) is 55.7 Å². The summed E-state index contributed by atoms with van der Waals surface area (Å²) < 4.78 is 7.41. The van der Waals surface area contributed by atoms with Crippen molar-refractivity contribution in [3.63, 3.8) is 0 Å². The SMILES string of the molecule is C[C@@H]1O[C@@H](n2c(C3=Nc4ccc(Cl)cc4C3=O)c(O)c3cc(Cl)ccc32)C(O)[C@H](O)C1N. The number of benzene rings is 2. The highest BCUT2D eigenvalue weighted by Crippen LogP contribution is 2.42. The van der Waals surface area contributed by atoms with Crippen LogP contribution >= 0.6 is 23.2 Å². The van der Waals surface area contributed by atoms with Gasteiger partial charge in [-0.05, 0) is 43.3 Å². The lowest BCUT2D eigenvalue weighted by Gasteiger charge is -2.41. The van der Waals surface area contributed by atoms with Gasteiger partial charge in [-0.2, -0.15) is 0 Å². The first-order valence-corrected chi connectivity index (χ1v) is 10.7. The highest BCUT2D eigenvalue weighted by molar-refractivity contribution is 6.55. The molecule has 1 saturated heterocycles. The maximum atomic E-state index is 13.2. The Kier molecular flexibility index (Phi) is 5.05. The van der Waals surface area contributed by atoms with E-state index in [9.17, 15) is 20.1 Å². The topological polar surface area (TPSA) is 130 Å². The number of halogens is 2. The average Bonchev–Trinajstić information content (AvgIpc) is 3.23. The van der Waals surface area contributed by atoms with Crippen LogP contribution in [0.5, 0.6) is 5.75 Å². The van der Waals surface area contributed by atoms with E-state index in [1.165, 1.54) is 16.7 Å². The molecule has 1 fully saturated rings. The van der Waals surface area contributed by atoms with E-state index in [1.54, 1.807) is 31.2 Å². The highest BCUT2D eigenvalue weighted by atomic mass is 35.5. The smallest absolute Gasteiger partial charge is 0.215 e. The van der Waals surface area contributed by atoms with Crippen molar-refractivity contribution in [3.8, 4) is 5.75 Å². The number of nitrogens with two attached hydrogens (primary N) is 1. The van der Waals surface area contributed by atoms with Crippen molar-refractivity contribution in [2.75, 3.05) is 0 Å². The number of hydrogen-bond donors (Lipinski definition) is 4. The van der Waals surface area contributed by atoms with E-state index >= 15 is 0 Å². The maximum Gasteiger partial charge on any atom is 0.215 e. The van der Waals surface area contributed by atoms with Gasteiger partial charge in [-0.25, -0.2) is 4.99 Å². The molecule has 2 unspecified atom stereocenters. The number of aliphatic imine (C=N–C) groups is 1. The van der Waals surface area contributed by atoms with Crippen molar-refractivity contribution >= 4 is 51.3 Å². The van der Waals surface area contributed by atoms with E-state index in [2.05, 4.69) is 4.99 Å². The number of carbonyl (C=O) groups excluding carboxylic acids is 1. The van der Waals surface area contributed by atoms with Crippen molar-refractivity contribution in [2.45, 2.75) is 37.5 Å². The predicted octanol–water partition coefficient (Wildman–Crippen LogP) is 2.94. The number of carbonyl (C=O) groups is 1. The fourth-order valence-corrected chi connectivity index (χ4v) is 4.63. The van der Waals surface area contributed by atoms with Gasteiger partial charge < -0.3 is 30.4 Å². The fraction of sp³-hybridized carbons (Fsp3) is 0.273. The number of aliphatic hydroxyl groups is 2. The minimum absolute atomic E-state index is 0.0403. The molecule has 3 heterocycles. The summed E-state index contributed by atoms with van der Waals surface area (Å²) in [5.41, 5.74) is 7.08. The summed E-state index contributed by atoms with van der Waals surface area (Å²) in [6.45, 7) is 1.67. The Labute approximate surface area is 192 Å². The molecule has 1 aromatic heterocycles. The highest BCUT2D eigenvalue weighted by Gasteiger charge is 2.44. The molecule has 0 amide bonds. The first-order valence-electron chi connectivity index (χ1n) is 9.92. The van der Waals surface area contributed by atoms with E-state index < -0.39 is 36.4 Å². The number of Topliss-reactive ketones (excluding diaryl/α,β-unsaturated/α-hetero) is 1. The molecule has 0 radical (unpaired) electrons. The summed E-state index contributed by atoms with van der Waals surface area (Å²) in [5.74, 6) is -0.690. The second-order valence-corrected chi connectivity index (χ2v) is 8.84.